The van der Waals surface area contributed by atoms with Crippen molar-refractivity contribution < 1.29 is 18.9 Å². The maximum Gasteiger partial charge on any atom is 1.00 e. The van der Waals surface area contributed by atoms with Gasteiger partial charge in [0, 0.05) is 32.2 Å². The van der Waals surface area contributed by atoms with Crippen molar-refractivity contribution in [2.75, 3.05) is 33.2 Å². The van der Waals surface area contributed by atoms with Crippen LogP contribution in [-0.2, 0) is 0 Å². The van der Waals surface area contributed by atoms with E-state index in [4.69, 9.17) is 0 Å². The van der Waals surface area contributed by atoms with Gasteiger partial charge in [0.15, 0.2) is 0 Å². The Bertz CT molecular complexity index is 377. The van der Waals surface area contributed by atoms with Crippen LogP contribution in [0.4, 0.5) is 0 Å². The van der Waals surface area contributed by atoms with Crippen LogP contribution < -0.4 is 18.9 Å². The van der Waals surface area contributed by atoms with E-state index in [1.165, 1.54) is 38.2 Å². The van der Waals surface area contributed by atoms with Gasteiger partial charge in [-0.15, -0.1) is 5.56 Å². The number of hydrogen-bond acceptors (Lipinski definition) is 2. The van der Waals surface area contributed by atoms with Crippen molar-refractivity contribution in [3.63, 3.8) is 0 Å². The molecule has 3 rings (SSSR count). The molecule has 0 saturated carbocycles. The Labute approximate surface area is 129 Å². The zero-order valence-electron chi connectivity index (χ0n) is 12.5. The Morgan fingerprint density at radius 3 is 2.42 bits per heavy atom. The predicted octanol–water partition coefficient (Wildman–Crippen LogP) is -0.565. The van der Waals surface area contributed by atoms with E-state index < -0.39 is 0 Å². The summed E-state index contributed by atoms with van der Waals surface area (Å²) in [6, 6.07) is 12.3. The van der Waals surface area contributed by atoms with Crippen LogP contribution in [0.5, 0.6) is 0 Å². The largest absolute Gasteiger partial charge is 1.00 e. The van der Waals surface area contributed by atoms with Gasteiger partial charge in [-0.25, -0.2) is 0 Å². The van der Waals surface area contributed by atoms with Gasteiger partial charge in [-0.1, -0.05) is 0 Å². The molecule has 0 spiro atoms. The summed E-state index contributed by atoms with van der Waals surface area (Å²) in [6.45, 7) is 7.39. The number of hydrogen-bond donors (Lipinski definition) is 0. The number of benzene rings is 1. The van der Waals surface area contributed by atoms with E-state index in [2.05, 4.69) is 48.0 Å². The molecule has 0 aliphatic carbocycles. The van der Waals surface area contributed by atoms with E-state index in [0.717, 1.165) is 11.8 Å². The first-order valence-electron chi connectivity index (χ1n) is 7.11. The topological polar surface area (TPSA) is 6.48 Å². The van der Waals surface area contributed by atoms with Gasteiger partial charge < -0.3 is 4.90 Å². The molecular formula is C16H23LiN2. The molecule has 2 fully saturated rings. The molecule has 0 unspecified atom stereocenters. The second-order valence-electron chi connectivity index (χ2n) is 6.14. The van der Waals surface area contributed by atoms with Crippen molar-refractivity contribution in [2.45, 2.75) is 19.4 Å². The van der Waals surface area contributed by atoms with Crippen molar-refractivity contribution in [3.8, 4) is 0 Å². The third-order valence-corrected chi connectivity index (χ3v) is 4.52. The van der Waals surface area contributed by atoms with E-state index in [1.54, 1.807) is 0 Å². The van der Waals surface area contributed by atoms with Crippen molar-refractivity contribution in [2.24, 2.45) is 11.8 Å². The molecule has 3 heteroatoms. The van der Waals surface area contributed by atoms with Gasteiger partial charge >= 0.3 is 18.9 Å². The molecule has 0 radical (unpaired) electrons. The van der Waals surface area contributed by atoms with Crippen LogP contribution in [0.1, 0.15) is 24.9 Å². The van der Waals surface area contributed by atoms with Crippen molar-refractivity contribution in [3.05, 3.63) is 35.9 Å². The monoisotopic (exact) mass is 250 g/mol. The minimum absolute atomic E-state index is 0. The maximum atomic E-state index is 3.39. The molecule has 2 bridgehead atoms. The quantitative estimate of drug-likeness (QED) is 0.513. The molecule has 2 heterocycles. The molecule has 2 aliphatic heterocycles. The van der Waals surface area contributed by atoms with Crippen molar-refractivity contribution >= 4 is 0 Å². The Kier molecular flexibility index (Phi) is 5.14. The summed E-state index contributed by atoms with van der Waals surface area (Å²) in [5.74, 6) is 1.74. The first kappa shape index (κ1) is 15.1. The van der Waals surface area contributed by atoms with Crippen LogP contribution in [0.3, 0.4) is 0 Å². The summed E-state index contributed by atoms with van der Waals surface area (Å²) in [5.41, 5.74) is 1.34. The SMILES string of the molecule is C[C@@H](c1[c-]cccc1)N1C[C@@H]2C[C@@H](CN(C)C2)C1.[Li+]. The predicted molar refractivity (Wildman–Crippen MR) is 74.4 cm³/mol. The number of piperidine rings is 2. The van der Waals surface area contributed by atoms with E-state index in [9.17, 15) is 0 Å². The standard InChI is InChI=1S/C16H23N2.Li/c1-13(16-6-4-3-5-7-16)18-11-14-8-15(12-18)10-17(2)9-14;/h3-6,13-15H,8-12H2,1-2H3;/q-1;+1/t13-,14-,15+;/m0./s1. The van der Waals surface area contributed by atoms with Crippen LogP contribution in [0, 0.1) is 17.9 Å². The molecule has 2 saturated heterocycles. The van der Waals surface area contributed by atoms with E-state index in [1.807, 2.05) is 6.07 Å². The number of rotatable bonds is 2. The normalized spacial score (nSPS) is 29.6. The van der Waals surface area contributed by atoms with Gasteiger partial charge in [0.2, 0.25) is 0 Å². The van der Waals surface area contributed by atoms with Crippen LogP contribution in [0.2, 0.25) is 0 Å². The Morgan fingerprint density at radius 2 is 1.84 bits per heavy atom. The summed E-state index contributed by atoms with van der Waals surface area (Å²) in [7, 11) is 2.27. The fourth-order valence-electron chi connectivity index (χ4n) is 3.76. The van der Waals surface area contributed by atoms with Crippen LogP contribution >= 0.6 is 0 Å². The van der Waals surface area contributed by atoms with E-state index in [-0.39, 0.29) is 18.9 Å². The molecule has 3 atom stereocenters. The van der Waals surface area contributed by atoms with Gasteiger partial charge in [0.25, 0.3) is 0 Å². The average Bonchev–Trinajstić information content (AvgIpc) is 2.37. The molecule has 98 valence electrons. The van der Waals surface area contributed by atoms with Crippen molar-refractivity contribution in [1.29, 1.82) is 0 Å². The molecule has 2 nitrogen and oxygen atoms in total. The first-order valence-corrected chi connectivity index (χ1v) is 7.11. The molecule has 0 N–H and O–H groups in total. The molecule has 19 heavy (non-hydrogen) atoms. The number of likely N-dealkylation sites (tertiary alicyclic amines) is 2. The smallest absolute Gasteiger partial charge is 0.306 e. The second kappa shape index (κ2) is 6.46. The van der Waals surface area contributed by atoms with Crippen LogP contribution in [0.25, 0.3) is 0 Å². The van der Waals surface area contributed by atoms with Crippen LogP contribution in [-0.4, -0.2) is 43.0 Å². The molecule has 2 aliphatic rings. The summed E-state index contributed by atoms with van der Waals surface area (Å²) in [6.07, 6.45) is 1.44. The number of fused-ring (bicyclic) bond motifs is 2. The fourth-order valence-corrected chi connectivity index (χ4v) is 3.76. The average molecular weight is 250 g/mol. The summed E-state index contributed by atoms with van der Waals surface area (Å²) < 4.78 is 0. The molecular weight excluding hydrogens is 227 g/mol. The first-order chi connectivity index (χ1) is 8.72. The minimum Gasteiger partial charge on any atom is -0.306 e. The zero-order valence-corrected chi connectivity index (χ0v) is 12.5. The number of nitrogens with zero attached hydrogens (tertiary/aromatic N) is 2. The molecule has 1 aromatic carbocycles. The third-order valence-electron chi connectivity index (χ3n) is 4.52. The molecule has 0 amide bonds. The summed E-state index contributed by atoms with van der Waals surface area (Å²) in [5, 5.41) is 0. The van der Waals surface area contributed by atoms with E-state index >= 15 is 0 Å². The van der Waals surface area contributed by atoms with Gasteiger partial charge in [-0.2, -0.15) is 30.3 Å². The summed E-state index contributed by atoms with van der Waals surface area (Å²) in [4.78, 5) is 5.17. The van der Waals surface area contributed by atoms with Gasteiger partial charge in [0.05, 0.1) is 0 Å². The van der Waals surface area contributed by atoms with Crippen molar-refractivity contribution in [1.82, 2.24) is 9.80 Å². The molecule has 1 aromatic rings. The Morgan fingerprint density at radius 1 is 1.16 bits per heavy atom. The van der Waals surface area contributed by atoms with Gasteiger partial charge in [0.1, 0.15) is 0 Å². The van der Waals surface area contributed by atoms with Gasteiger partial charge in [-0.3, -0.25) is 4.90 Å². The maximum absolute atomic E-state index is 3.39. The van der Waals surface area contributed by atoms with E-state index in [0.29, 0.717) is 6.04 Å². The van der Waals surface area contributed by atoms with Gasteiger partial charge in [-0.05, 0) is 32.2 Å². The molecule has 0 aromatic heterocycles. The minimum atomic E-state index is 0. The zero-order chi connectivity index (χ0) is 12.5. The third kappa shape index (κ3) is 3.44. The second-order valence-corrected chi connectivity index (χ2v) is 6.14. The Hall–Kier alpha value is -0.263. The Balaban J connectivity index is 0.00000133. The fraction of sp³-hybridized carbons (Fsp3) is 0.625. The van der Waals surface area contributed by atoms with Crippen LogP contribution in [0.15, 0.2) is 24.3 Å². The summed E-state index contributed by atoms with van der Waals surface area (Å²) >= 11 is 0.